The maximum absolute atomic E-state index is 12.3. The summed E-state index contributed by atoms with van der Waals surface area (Å²) in [6, 6.07) is 5.75. The van der Waals surface area contributed by atoms with E-state index in [4.69, 9.17) is 0 Å². The second-order valence-corrected chi connectivity index (χ2v) is 13.3. The Bertz CT molecular complexity index is 913. The molecular formula is C18H25N3O3S4. The Morgan fingerprint density at radius 1 is 1.29 bits per heavy atom. The van der Waals surface area contributed by atoms with Crippen LogP contribution in [0.2, 0.25) is 0 Å². The SMILES string of the molecule is CC(C)SCCSc1nc2ccc(NC(=O)CN3CCS(=O)(=O)CC3)cc2s1. The fourth-order valence-electron chi connectivity index (χ4n) is 2.77. The van der Waals surface area contributed by atoms with Crippen molar-refractivity contribution in [2.24, 2.45) is 0 Å². The molecule has 28 heavy (non-hydrogen) atoms. The fraction of sp³-hybridized carbons (Fsp3) is 0.556. The van der Waals surface area contributed by atoms with Crippen LogP contribution in [0.1, 0.15) is 13.8 Å². The van der Waals surface area contributed by atoms with Crippen molar-refractivity contribution in [1.29, 1.82) is 0 Å². The van der Waals surface area contributed by atoms with Crippen LogP contribution in [0.15, 0.2) is 22.5 Å². The number of carbonyl (C=O) groups excluding carboxylic acids is 1. The van der Waals surface area contributed by atoms with Crippen LogP contribution in [-0.4, -0.2) is 72.1 Å². The predicted molar refractivity (Wildman–Crippen MR) is 122 cm³/mol. The van der Waals surface area contributed by atoms with Gasteiger partial charge in [-0.3, -0.25) is 9.69 Å². The average molecular weight is 460 g/mol. The molecule has 1 saturated heterocycles. The highest BCUT2D eigenvalue weighted by atomic mass is 32.2. The van der Waals surface area contributed by atoms with Crippen molar-refractivity contribution < 1.29 is 13.2 Å². The van der Waals surface area contributed by atoms with Crippen LogP contribution in [0.25, 0.3) is 10.2 Å². The monoisotopic (exact) mass is 459 g/mol. The topological polar surface area (TPSA) is 79.4 Å². The highest BCUT2D eigenvalue weighted by Gasteiger charge is 2.23. The number of fused-ring (bicyclic) bond motifs is 1. The van der Waals surface area contributed by atoms with Crippen molar-refractivity contribution in [3.05, 3.63) is 18.2 Å². The van der Waals surface area contributed by atoms with Crippen LogP contribution in [0, 0.1) is 0 Å². The lowest BCUT2D eigenvalue weighted by atomic mass is 10.3. The molecule has 0 aliphatic carbocycles. The zero-order valence-electron chi connectivity index (χ0n) is 16.0. The van der Waals surface area contributed by atoms with Crippen molar-refractivity contribution in [1.82, 2.24) is 9.88 Å². The molecule has 1 N–H and O–H groups in total. The van der Waals surface area contributed by atoms with Gasteiger partial charge in [0.25, 0.3) is 0 Å². The average Bonchev–Trinajstić information content (AvgIpc) is 3.02. The third-order valence-electron chi connectivity index (χ3n) is 4.22. The number of sulfone groups is 1. The van der Waals surface area contributed by atoms with Crippen molar-refractivity contribution in [3.8, 4) is 0 Å². The molecular weight excluding hydrogens is 434 g/mol. The van der Waals surface area contributed by atoms with Crippen LogP contribution >= 0.6 is 34.9 Å². The van der Waals surface area contributed by atoms with Crippen LogP contribution in [-0.2, 0) is 14.6 Å². The number of benzene rings is 1. The molecule has 0 radical (unpaired) electrons. The molecule has 0 unspecified atom stereocenters. The molecule has 1 aromatic heterocycles. The van der Waals surface area contributed by atoms with Gasteiger partial charge in [0.05, 0.1) is 28.3 Å². The minimum absolute atomic E-state index is 0.122. The second-order valence-electron chi connectivity index (χ2n) is 6.91. The molecule has 3 rings (SSSR count). The first-order chi connectivity index (χ1) is 13.3. The summed E-state index contributed by atoms with van der Waals surface area (Å²) < 4.78 is 25.1. The van der Waals surface area contributed by atoms with E-state index in [1.165, 1.54) is 0 Å². The zero-order valence-corrected chi connectivity index (χ0v) is 19.3. The molecule has 10 heteroatoms. The standard InChI is InChI=1S/C18H25N3O3S4/c1-13(2)25-7-8-26-18-20-15-4-3-14(11-16(15)27-18)19-17(22)12-21-5-9-28(23,24)10-6-21/h3-4,11,13H,5-10,12H2,1-2H3,(H,19,22). The number of nitrogens with zero attached hydrogens (tertiary/aromatic N) is 2. The molecule has 2 aromatic rings. The van der Waals surface area contributed by atoms with Crippen molar-refractivity contribution in [2.75, 3.05) is 48.0 Å². The van der Waals surface area contributed by atoms with E-state index in [2.05, 4.69) is 24.1 Å². The number of nitrogens with one attached hydrogen (secondary N) is 1. The van der Waals surface area contributed by atoms with Crippen LogP contribution in [0.4, 0.5) is 5.69 Å². The quantitative estimate of drug-likeness (QED) is 0.480. The molecule has 1 amide bonds. The summed E-state index contributed by atoms with van der Waals surface area (Å²) in [7, 11) is -2.93. The third-order valence-corrected chi connectivity index (χ3v) is 9.35. The van der Waals surface area contributed by atoms with Crippen LogP contribution < -0.4 is 5.32 Å². The molecule has 0 saturated carbocycles. The number of hydrogen-bond acceptors (Lipinski definition) is 8. The number of thiazole rings is 1. The Hall–Kier alpha value is -0.810. The van der Waals surface area contributed by atoms with Crippen LogP contribution in [0.5, 0.6) is 0 Å². The van der Waals surface area contributed by atoms with Gasteiger partial charge < -0.3 is 5.32 Å². The predicted octanol–water partition coefficient (Wildman–Crippen LogP) is 3.20. The molecule has 1 aliphatic rings. The van der Waals surface area contributed by atoms with Crippen molar-refractivity contribution in [3.63, 3.8) is 0 Å². The Kier molecular flexibility index (Phi) is 7.66. The maximum Gasteiger partial charge on any atom is 0.238 e. The first-order valence-electron chi connectivity index (χ1n) is 9.18. The van der Waals surface area contributed by atoms with Gasteiger partial charge >= 0.3 is 0 Å². The lowest BCUT2D eigenvalue weighted by Gasteiger charge is -2.25. The van der Waals surface area contributed by atoms with Gasteiger partial charge in [-0.25, -0.2) is 13.4 Å². The minimum Gasteiger partial charge on any atom is -0.325 e. The molecule has 154 valence electrons. The number of hydrogen-bond donors (Lipinski definition) is 1. The van der Waals surface area contributed by atoms with Gasteiger partial charge in [-0.2, -0.15) is 11.8 Å². The lowest BCUT2D eigenvalue weighted by Crippen LogP contribution is -2.43. The third kappa shape index (κ3) is 6.62. The molecule has 0 atom stereocenters. The second kappa shape index (κ2) is 9.80. The summed E-state index contributed by atoms with van der Waals surface area (Å²) in [4.78, 5) is 18.8. The number of amides is 1. The zero-order chi connectivity index (χ0) is 20.1. The van der Waals surface area contributed by atoms with E-state index in [0.717, 1.165) is 31.7 Å². The summed E-state index contributed by atoms with van der Waals surface area (Å²) in [6.07, 6.45) is 0. The van der Waals surface area contributed by atoms with E-state index >= 15 is 0 Å². The molecule has 2 heterocycles. The maximum atomic E-state index is 12.3. The van der Waals surface area contributed by atoms with E-state index in [9.17, 15) is 13.2 Å². The summed E-state index contributed by atoms with van der Waals surface area (Å²) in [6.45, 7) is 5.45. The summed E-state index contributed by atoms with van der Waals surface area (Å²) in [5, 5.41) is 3.56. The first-order valence-corrected chi connectivity index (χ1v) is 13.9. The summed E-state index contributed by atoms with van der Waals surface area (Å²) in [5.41, 5.74) is 1.70. The van der Waals surface area contributed by atoms with Gasteiger partial charge in [0.2, 0.25) is 5.91 Å². The Labute approximate surface area is 178 Å². The number of carbonyl (C=O) groups is 1. The van der Waals surface area contributed by atoms with Gasteiger partial charge in [0.1, 0.15) is 0 Å². The van der Waals surface area contributed by atoms with Gasteiger partial charge in [-0.05, 0) is 23.4 Å². The molecule has 0 bridgehead atoms. The highest BCUT2D eigenvalue weighted by Crippen LogP contribution is 2.31. The van der Waals surface area contributed by atoms with Gasteiger partial charge in [0, 0.05) is 30.3 Å². The Balaban J connectivity index is 1.53. The molecule has 6 nitrogen and oxygen atoms in total. The summed E-state index contributed by atoms with van der Waals surface area (Å²) >= 11 is 5.37. The Morgan fingerprint density at radius 2 is 2.04 bits per heavy atom. The van der Waals surface area contributed by atoms with Crippen molar-refractivity contribution in [2.45, 2.75) is 23.4 Å². The number of rotatable bonds is 8. The van der Waals surface area contributed by atoms with Gasteiger partial charge in [0.15, 0.2) is 14.2 Å². The largest absolute Gasteiger partial charge is 0.325 e. The molecule has 0 spiro atoms. The summed E-state index contributed by atoms with van der Waals surface area (Å²) in [5.74, 6) is 2.28. The minimum atomic E-state index is -2.93. The van der Waals surface area contributed by atoms with Crippen molar-refractivity contribution >= 4 is 66.5 Å². The smallest absolute Gasteiger partial charge is 0.238 e. The van der Waals surface area contributed by atoms with E-state index in [1.54, 1.807) is 23.1 Å². The molecule has 1 aliphatic heterocycles. The lowest BCUT2D eigenvalue weighted by molar-refractivity contribution is -0.117. The normalized spacial score (nSPS) is 17.2. The van der Waals surface area contributed by atoms with Crippen LogP contribution in [0.3, 0.4) is 0 Å². The van der Waals surface area contributed by atoms with E-state index in [1.807, 2.05) is 34.9 Å². The highest BCUT2D eigenvalue weighted by molar-refractivity contribution is 8.04. The number of aromatic nitrogens is 1. The number of thioether (sulfide) groups is 2. The Morgan fingerprint density at radius 3 is 2.75 bits per heavy atom. The van der Waals surface area contributed by atoms with Gasteiger partial charge in [-0.15, -0.1) is 11.3 Å². The van der Waals surface area contributed by atoms with E-state index in [-0.39, 0.29) is 24.0 Å². The molecule has 1 aromatic carbocycles. The molecule has 1 fully saturated rings. The van der Waals surface area contributed by atoms with E-state index in [0.29, 0.717) is 18.3 Å². The van der Waals surface area contributed by atoms with E-state index < -0.39 is 9.84 Å². The fourth-order valence-corrected chi connectivity index (χ4v) is 7.06. The number of anilines is 1. The first kappa shape index (κ1) is 21.9. The van der Waals surface area contributed by atoms with Gasteiger partial charge in [-0.1, -0.05) is 25.6 Å².